The molecule has 0 aliphatic rings. The number of fused-ring (bicyclic) bond motifs is 1. The summed E-state index contributed by atoms with van der Waals surface area (Å²) in [5.41, 5.74) is 0.853. The van der Waals surface area contributed by atoms with Gasteiger partial charge in [0, 0.05) is 11.5 Å². The number of carbonyl (C=O) groups is 2. The molecule has 0 saturated carbocycles. The van der Waals surface area contributed by atoms with Crippen molar-refractivity contribution in [3.8, 4) is 0 Å². The molecular weight excluding hydrogens is 334 g/mol. The van der Waals surface area contributed by atoms with E-state index in [0.717, 1.165) is 5.39 Å². The molecule has 1 amide bonds. The smallest absolute Gasteiger partial charge is 0.357 e. The summed E-state index contributed by atoms with van der Waals surface area (Å²) in [7, 11) is 0. The molecule has 0 saturated heterocycles. The molecule has 0 radical (unpaired) electrons. The molecule has 7 heteroatoms. The Hall–Kier alpha value is -3.22. The van der Waals surface area contributed by atoms with Gasteiger partial charge in [0.25, 0.3) is 5.91 Å². The molecule has 3 aromatic rings. The Morgan fingerprint density at radius 1 is 1.23 bits per heavy atom. The Bertz CT molecular complexity index is 935. The van der Waals surface area contributed by atoms with E-state index in [-0.39, 0.29) is 11.5 Å². The molecule has 2 aromatic heterocycles. The number of pyridine rings is 1. The van der Waals surface area contributed by atoms with Crippen LogP contribution in [0.5, 0.6) is 0 Å². The molecule has 1 atom stereocenters. The van der Waals surface area contributed by atoms with Crippen LogP contribution in [-0.4, -0.2) is 28.1 Å². The van der Waals surface area contributed by atoms with E-state index in [2.05, 4.69) is 15.5 Å². The summed E-state index contributed by atoms with van der Waals surface area (Å²) in [5, 5.41) is 7.23. The van der Waals surface area contributed by atoms with Crippen LogP contribution in [0.4, 0.5) is 5.82 Å². The van der Waals surface area contributed by atoms with Crippen LogP contribution >= 0.6 is 0 Å². The molecule has 0 bridgehead atoms. The molecule has 0 aliphatic carbocycles. The minimum Gasteiger partial charge on any atom is -0.448 e. The Kier molecular flexibility index (Phi) is 5.26. The van der Waals surface area contributed by atoms with Crippen LogP contribution < -0.4 is 5.32 Å². The first-order valence-electron chi connectivity index (χ1n) is 8.38. The quantitative estimate of drug-likeness (QED) is 0.682. The van der Waals surface area contributed by atoms with Crippen LogP contribution in [-0.2, 0) is 9.53 Å². The average Bonchev–Trinajstić information content (AvgIpc) is 3.05. The first-order valence-corrected chi connectivity index (χ1v) is 8.38. The molecule has 1 unspecified atom stereocenters. The molecule has 2 heterocycles. The van der Waals surface area contributed by atoms with E-state index in [1.807, 2.05) is 31.2 Å². The number of anilines is 1. The fourth-order valence-corrected chi connectivity index (χ4v) is 2.51. The number of aromatic nitrogens is 2. The maximum Gasteiger partial charge on any atom is 0.357 e. The van der Waals surface area contributed by atoms with Gasteiger partial charge >= 0.3 is 5.97 Å². The van der Waals surface area contributed by atoms with Crippen LogP contribution in [0.2, 0.25) is 0 Å². The van der Waals surface area contributed by atoms with Gasteiger partial charge in [-0.25, -0.2) is 9.78 Å². The molecule has 3 rings (SSSR count). The number of nitrogens with zero attached hydrogens (tertiary/aromatic N) is 2. The second-order valence-electron chi connectivity index (χ2n) is 5.88. The van der Waals surface area contributed by atoms with Gasteiger partial charge in [-0.05, 0) is 25.5 Å². The van der Waals surface area contributed by atoms with Gasteiger partial charge in [0.2, 0.25) is 0 Å². The van der Waals surface area contributed by atoms with Crippen molar-refractivity contribution in [2.45, 2.75) is 32.8 Å². The van der Waals surface area contributed by atoms with Crippen LogP contribution in [0.15, 0.2) is 47.0 Å². The van der Waals surface area contributed by atoms with E-state index in [1.54, 1.807) is 25.1 Å². The average molecular weight is 353 g/mol. The van der Waals surface area contributed by atoms with Gasteiger partial charge in [-0.3, -0.25) is 4.79 Å². The summed E-state index contributed by atoms with van der Waals surface area (Å²) in [4.78, 5) is 29.1. The number of nitrogens with one attached hydrogen (secondary N) is 1. The molecule has 1 N–H and O–H groups in total. The molecule has 26 heavy (non-hydrogen) atoms. The van der Waals surface area contributed by atoms with Crippen LogP contribution in [0.3, 0.4) is 0 Å². The topological polar surface area (TPSA) is 94.3 Å². The first-order chi connectivity index (χ1) is 12.6. The third kappa shape index (κ3) is 4.05. The van der Waals surface area contributed by atoms with Gasteiger partial charge in [-0.1, -0.05) is 42.8 Å². The van der Waals surface area contributed by atoms with Crippen molar-refractivity contribution in [3.05, 3.63) is 53.9 Å². The highest BCUT2D eigenvalue weighted by atomic mass is 16.5. The highest BCUT2D eigenvalue weighted by molar-refractivity contribution is 5.97. The van der Waals surface area contributed by atoms with E-state index in [1.165, 1.54) is 0 Å². The lowest BCUT2D eigenvalue weighted by atomic mass is 10.2. The summed E-state index contributed by atoms with van der Waals surface area (Å²) >= 11 is 0. The standard InChI is InChI=1S/C19H19N3O4/c1-3-6-16(18(23)21-17-11-12(2)26-22-17)25-19(24)15-10-9-13-7-4-5-8-14(13)20-15/h4-5,7-11,16H,3,6H2,1-2H3,(H,21,22,23). The van der Waals surface area contributed by atoms with E-state index < -0.39 is 18.0 Å². The molecule has 1 aromatic carbocycles. The molecule has 0 fully saturated rings. The van der Waals surface area contributed by atoms with E-state index in [0.29, 0.717) is 24.1 Å². The number of benzene rings is 1. The van der Waals surface area contributed by atoms with Crippen LogP contribution in [0.25, 0.3) is 10.9 Å². The number of amides is 1. The van der Waals surface area contributed by atoms with E-state index in [4.69, 9.17) is 9.26 Å². The molecule has 0 spiro atoms. The Labute approximate surface area is 150 Å². The lowest BCUT2D eigenvalue weighted by Crippen LogP contribution is -2.32. The maximum atomic E-state index is 12.4. The van der Waals surface area contributed by atoms with Gasteiger partial charge < -0.3 is 14.6 Å². The zero-order chi connectivity index (χ0) is 18.5. The summed E-state index contributed by atoms with van der Waals surface area (Å²) in [5.74, 6) is -0.229. The van der Waals surface area contributed by atoms with Crippen molar-refractivity contribution in [1.29, 1.82) is 0 Å². The normalized spacial score (nSPS) is 11.9. The fourth-order valence-electron chi connectivity index (χ4n) is 2.51. The second kappa shape index (κ2) is 7.77. The van der Waals surface area contributed by atoms with Crippen molar-refractivity contribution in [2.75, 3.05) is 5.32 Å². The lowest BCUT2D eigenvalue weighted by Gasteiger charge is -2.16. The van der Waals surface area contributed by atoms with Gasteiger partial charge in [0.15, 0.2) is 11.9 Å². The fraction of sp³-hybridized carbons (Fsp3) is 0.263. The highest BCUT2D eigenvalue weighted by Crippen LogP contribution is 2.15. The van der Waals surface area contributed by atoms with Gasteiger partial charge in [0.1, 0.15) is 11.5 Å². The third-order valence-corrected chi connectivity index (χ3v) is 3.78. The number of hydrogen-bond donors (Lipinski definition) is 1. The lowest BCUT2D eigenvalue weighted by molar-refractivity contribution is -0.125. The monoisotopic (exact) mass is 353 g/mol. The van der Waals surface area contributed by atoms with E-state index in [9.17, 15) is 9.59 Å². The van der Waals surface area contributed by atoms with Gasteiger partial charge in [-0.2, -0.15) is 0 Å². The van der Waals surface area contributed by atoms with Crippen molar-refractivity contribution in [1.82, 2.24) is 10.1 Å². The number of carbonyl (C=O) groups excluding carboxylic acids is 2. The number of hydrogen-bond acceptors (Lipinski definition) is 6. The predicted octanol–water partition coefficient (Wildman–Crippen LogP) is 3.50. The molecule has 7 nitrogen and oxygen atoms in total. The minimum absolute atomic E-state index is 0.162. The van der Waals surface area contributed by atoms with Crippen molar-refractivity contribution in [2.24, 2.45) is 0 Å². The van der Waals surface area contributed by atoms with Crippen LogP contribution in [0, 0.1) is 6.92 Å². The summed E-state index contributed by atoms with van der Waals surface area (Å²) in [6.07, 6.45) is 0.133. The van der Waals surface area contributed by atoms with Gasteiger partial charge in [-0.15, -0.1) is 0 Å². The minimum atomic E-state index is -0.933. The second-order valence-corrected chi connectivity index (χ2v) is 5.88. The zero-order valence-corrected chi connectivity index (χ0v) is 14.6. The number of esters is 1. The number of rotatable bonds is 6. The number of ether oxygens (including phenoxy) is 1. The summed E-state index contributed by atoms with van der Waals surface area (Å²) in [6.45, 7) is 3.63. The Balaban J connectivity index is 1.73. The van der Waals surface area contributed by atoms with Crippen molar-refractivity contribution >= 4 is 28.6 Å². The molecular formula is C19H19N3O4. The summed E-state index contributed by atoms with van der Waals surface area (Å²) < 4.78 is 10.3. The first kappa shape index (κ1) is 17.6. The SMILES string of the molecule is CCCC(OC(=O)c1ccc2ccccc2n1)C(=O)Nc1cc(C)on1. The zero-order valence-electron chi connectivity index (χ0n) is 14.6. The molecule has 134 valence electrons. The third-order valence-electron chi connectivity index (χ3n) is 3.78. The Morgan fingerprint density at radius 2 is 2.04 bits per heavy atom. The van der Waals surface area contributed by atoms with Crippen molar-refractivity contribution < 1.29 is 18.8 Å². The maximum absolute atomic E-state index is 12.4. The van der Waals surface area contributed by atoms with Crippen LogP contribution in [0.1, 0.15) is 36.0 Å². The predicted molar refractivity (Wildman–Crippen MR) is 95.7 cm³/mol. The number of aryl methyl sites for hydroxylation is 1. The number of para-hydroxylation sites is 1. The summed E-state index contributed by atoms with van der Waals surface area (Å²) in [6, 6.07) is 12.4. The van der Waals surface area contributed by atoms with Gasteiger partial charge in [0.05, 0.1) is 5.52 Å². The van der Waals surface area contributed by atoms with Crippen molar-refractivity contribution in [3.63, 3.8) is 0 Å². The highest BCUT2D eigenvalue weighted by Gasteiger charge is 2.24. The van der Waals surface area contributed by atoms with E-state index >= 15 is 0 Å². The Morgan fingerprint density at radius 3 is 2.77 bits per heavy atom. The molecule has 0 aliphatic heterocycles. The largest absolute Gasteiger partial charge is 0.448 e.